The zero-order valence-electron chi connectivity index (χ0n) is 16.9. The molecule has 0 bridgehead atoms. The van der Waals surface area contributed by atoms with E-state index in [0.717, 1.165) is 0 Å². The van der Waals surface area contributed by atoms with Crippen molar-refractivity contribution < 1.29 is 17.6 Å². The summed E-state index contributed by atoms with van der Waals surface area (Å²) in [5.74, 6) is 0.182. The van der Waals surface area contributed by atoms with Crippen LogP contribution in [0.4, 0.5) is 5.69 Å². The molecule has 3 aromatic rings. The third-order valence-corrected chi connectivity index (χ3v) is 7.42. The highest BCUT2D eigenvalue weighted by atomic mass is 35.5. The summed E-state index contributed by atoms with van der Waals surface area (Å²) in [7, 11) is -1.58. The Bertz CT molecular complexity index is 1180. The first-order valence-corrected chi connectivity index (χ1v) is 11.6. The van der Waals surface area contributed by atoms with E-state index in [1.165, 1.54) is 16.4 Å². The molecular formula is C22H22ClN3O4S. The molecular weight excluding hydrogens is 438 g/mol. The largest absolute Gasteiger partial charge is 0.451 e. The van der Waals surface area contributed by atoms with Crippen LogP contribution in [0.5, 0.6) is 0 Å². The Morgan fingerprint density at radius 1 is 0.968 bits per heavy atom. The third-order valence-electron chi connectivity index (χ3n) is 5.18. The highest BCUT2D eigenvalue weighted by Crippen LogP contribution is 2.29. The zero-order valence-corrected chi connectivity index (χ0v) is 18.5. The number of piperazine rings is 1. The zero-order chi connectivity index (χ0) is 22.0. The van der Waals surface area contributed by atoms with Gasteiger partial charge in [0.1, 0.15) is 5.76 Å². The second kappa shape index (κ2) is 8.84. The molecule has 9 heteroatoms. The van der Waals surface area contributed by atoms with Crippen LogP contribution in [-0.4, -0.2) is 56.8 Å². The standard InChI is InChI=1S/C22H22ClN3O4S/c1-25-12-14-26(15-13-25)31(28,29)17-8-6-16(7-9-17)24-22(27)21-11-10-20(30-21)18-4-2-3-5-19(18)23/h2-11H,12-15H2,1H3,(H,24,27). The Labute approximate surface area is 186 Å². The molecule has 1 N–H and O–H groups in total. The number of benzene rings is 2. The summed E-state index contributed by atoms with van der Waals surface area (Å²) < 4.78 is 32.7. The monoisotopic (exact) mass is 459 g/mol. The van der Waals surface area contributed by atoms with Crippen LogP contribution in [-0.2, 0) is 10.0 Å². The van der Waals surface area contributed by atoms with Crippen molar-refractivity contribution in [3.8, 4) is 11.3 Å². The molecule has 1 aliphatic rings. The minimum atomic E-state index is -3.55. The summed E-state index contributed by atoms with van der Waals surface area (Å²) in [5.41, 5.74) is 1.17. The lowest BCUT2D eigenvalue weighted by Crippen LogP contribution is -2.46. The van der Waals surface area contributed by atoms with E-state index in [-0.39, 0.29) is 10.7 Å². The van der Waals surface area contributed by atoms with Gasteiger partial charge in [0.25, 0.3) is 5.91 Å². The summed E-state index contributed by atoms with van der Waals surface area (Å²) >= 11 is 6.18. The predicted octanol–water partition coefficient (Wildman–Crippen LogP) is 3.79. The molecule has 0 atom stereocenters. The van der Waals surface area contributed by atoms with Gasteiger partial charge in [-0.1, -0.05) is 23.7 Å². The Morgan fingerprint density at radius 2 is 1.65 bits per heavy atom. The second-order valence-corrected chi connectivity index (χ2v) is 9.67. The van der Waals surface area contributed by atoms with E-state index in [2.05, 4.69) is 10.2 Å². The number of rotatable bonds is 5. The maximum atomic E-state index is 12.8. The van der Waals surface area contributed by atoms with E-state index in [4.69, 9.17) is 16.0 Å². The van der Waals surface area contributed by atoms with Gasteiger partial charge in [-0.25, -0.2) is 8.42 Å². The number of nitrogens with one attached hydrogen (secondary N) is 1. The number of sulfonamides is 1. The number of amides is 1. The van der Waals surface area contributed by atoms with E-state index in [1.807, 2.05) is 25.2 Å². The van der Waals surface area contributed by atoms with Crippen molar-refractivity contribution in [2.45, 2.75) is 4.90 Å². The molecule has 31 heavy (non-hydrogen) atoms. The van der Waals surface area contributed by atoms with E-state index >= 15 is 0 Å². The first-order chi connectivity index (χ1) is 14.8. The summed E-state index contributed by atoms with van der Waals surface area (Å²) in [6, 6.07) is 16.6. The van der Waals surface area contributed by atoms with E-state index in [1.54, 1.807) is 30.3 Å². The van der Waals surface area contributed by atoms with Crippen LogP contribution in [0.25, 0.3) is 11.3 Å². The molecule has 1 aromatic heterocycles. The smallest absolute Gasteiger partial charge is 0.291 e. The molecule has 0 aliphatic carbocycles. The van der Waals surface area contributed by atoms with Gasteiger partial charge in [0.2, 0.25) is 10.0 Å². The third kappa shape index (κ3) is 4.67. The van der Waals surface area contributed by atoms with Crippen molar-refractivity contribution in [3.05, 3.63) is 71.4 Å². The molecule has 0 unspecified atom stereocenters. The fourth-order valence-electron chi connectivity index (χ4n) is 3.35. The maximum absolute atomic E-state index is 12.8. The van der Waals surface area contributed by atoms with Gasteiger partial charge in [-0.3, -0.25) is 4.79 Å². The minimum Gasteiger partial charge on any atom is -0.451 e. The highest BCUT2D eigenvalue weighted by molar-refractivity contribution is 7.89. The maximum Gasteiger partial charge on any atom is 0.291 e. The van der Waals surface area contributed by atoms with Crippen LogP contribution in [0.2, 0.25) is 5.02 Å². The fourth-order valence-corrected chi connectivity index (χ4v) is 5.00. The van der Waals surface area contributed by atoms with Gasteiger partial charge in [0.15, 0.2) is 5.76 Å². The summed E-state index contributed by atoms with van der Waals surface area (Å²) in [6.45, 7) is 2.33. The molecule has 7 nitrogen and oxygen atoms in total. The van der Waals surface area contributed by atoms with Crippen LogP contribution in [0, 0.1) is 0 Å². The average Bonchev–Trinajstić information content (AvgIpc) is 3.25. The number of nitrogens with zero attached hydrogens (tertiary/aromatic N) is 2. The number of hydrogen-bond donors (Lipinski definition) is 1. The van der Waals surface area contributed by atoms with Gasteiger partial charge in [-0.15, -0.1) is 0 Å². The topological polar surface area (TPSA) is 82.9 Å². The Morgan fingerprint density at radius 3 is 2.32 bits per heavy atom. The lowest BCUT2D eigenvalue weighted by atomic mass is 10.2. The molecule has 1 amide bonds. The van der Waals surface area contributed by atoms with Crippen LogP contribution < -0.4 is 5.32 Å². The number of carbonyl (C=O) groups is 1. The number of anilines is 1. The normalized spacial score (nSPS) is 15.7. The summed E-state index contributed by atoms with van der Waals surface area (Å²) in [5, 5.41) is 3.25. The molecule has 0 saturated carbocycles. The Balaban J connectivity index is 1.45. The fraction of sp³-hybridized carbons (Fsp3) is 0.227. The number of carbonyl (C=O) groups excluding carboxylic acids is 1. The average molecular weight is 460 g/mol. The van der Waals surface area contributed by atoms with Crippen LogP contribution >= 0.6 is 11.6 Å². The number of likely N-dealkylation sites (N-methyl/N-ethyl adjacent to an activating group) is 1. The van der Waals surface area contributed by atoms with E-state index < -0.39 is 15.9 Å². The lowest BCUT2D eigenvalue weighted by Gasteiger charge is -2.31. The van der Waals surface area contributed by atoms with Crippen LogP contribution in [0.1, 0.15) is 10.6 Å². The molecule has 2 heterocycles. The van der Waals surface area contributed by atoms with E-state index in [9.17, 15) is 13.2 Å². The van der Waals surface area contributed by atoms with E-state index in [0.29, 0.717) is 48.2 Å². The molecule has 2 aromatic carbocycles. The summed E-state index contributed by atoms with van der Waals surface area (Å²) in [6.07, 6.45) is 0. The van der Waals surface area contributed by atoms with Crippen LogP contribution in [0.15, 0.2) is 70.0 Å². The molecule has 1 aliphatic heterocycles. The van der Waals surface area contributed by atoms with Gasteiger partial charge >= 0.3 is 0 Å². The molecule has 0 spiro atoms. The van der Waals surface area contributed by atoms with Crippen LogP contribution in [0.3, 0.4) is 0 Å². The van der Waals surface area contributed by atoms with Gasteiger partial charge in [0, 0.05) is 37.4 Å². The van der Waals surface area contributed by atoms with Crippen molar-refractivity contribution in [3.63, 3.8) is 0 Å². The van der Waals surface area contributed by atoms with Gasteiger partial charge in [-0.05, 0) is 55.6 Å². The molecule has 1 saturated heterocycles. The second-order valence-electron chi connectivity index (χ2n) is 7.33. The van der Waals surface area contributed by atoms with Crippen molar-refractivity contribution in [2.24, 2.45) is 0 Å². The first-order valence-electron chi connectivity index (χ1n) is 9.79. The van der Waals surface area contributed by atoms with Gasteiger partial charge in [0.05, 0.1) is 9.92 Å². The molecule has 1 fully saturated rings. The first kappa shape index (κ1) is 21.6. The summed E-state index contributed by atoms with van der Waals surface area (Å²) in [4.78, 5) is 14.8. The Hall–Kier alpha value is -2.65. The lowest BCUT2D eigenvalue weighted by molar-refractivity contribution is 0.0997. The van der Waals surface area contributed by atoms with Gasteiger partial charge < -0.3 is 14.6 Å². The number of halogens is 1. The molecule has 0 radical (unpaired) electrons. The SMILES string of the molecule is CN1CCN(S(=O)(=O)c2ccc(NC(=O)c3ccc(-c4ccccc4Cl)o3)cc2)CC1. The van der Waals surface area contributed by atoms with Crippen molar-refractivity contribution in [1.82, 2.24) is 9.21 Å². The molecule has 4 rings (SSSR count). The predicted molar refractivity (Wildman–Crippen MR) is 120 cm³/mol. The quantitative estimate of drug-likeness (QED) is 0.627. The minimum absolute atomic E-state index is 0.129. The van der Waals surface area contributed by atoms with Crippen molar-refractivity contribution in [1.29, 1.82) is 0 Å². The molecule has 162 valence electrons. The number of furan rings is 1. The van der Waals surface area contributed by atoms with Crippen molar-refractivity contribution in [2.75, 3.05) is 38.5 Å². The Kier molecular flexibility index (Phi) is 6.15. The highest BCUT2D eigenvalue weighted by Gasteiger charge is 2.27. The van der Waals surface area contributed by atoms with Crippen molar-refractivity contribution >= 4 is 33.2 Å². The number of hydrogen-bond acceptors (Lipinski definition) is 5. The van der Waals surface area contributed by atoms with Gasteiger partial charge in [-0.2, -0.15) is 4.31 Å².